The first-order chi connectivity index (χ1) is 14.5. The summed E-state index contributed by atoms with van der Waals surface area (Å²) in [6, 6.07) is 12.6. The van der Waals surface area contributed by atoms with Crippen molar-refractivity contribution in [2.75, 3.05) is 32.7 Å². The van der Waals surface area contributed by atoms with Crippen LogP contribution in [0.15, 0.2) is 48.5 Å². The molecule has 1 heterocycles. The monoisotopic (exact) mass is 431 g/mol. The number of nitrogens with zero attached hydrogens (tertiary/aromatic N) is 2. The minimum Gasteiger partial charge on any atom is -0.352 e. The Hall–Kier alpha value is -2.93. The molecular formula is C22H23ClFN3O3. The topological polar surface area (TPSA) is 69.7 Å². The summed E-state index contributed by atoms with van der Waals surface area (Å²) in [5.41, 5.74) is 0.845. The average Bonchev–Trinajstić information content (AvgIpc) is 2.76. The summed E-state index contributed by atoms with van der Waals surface area (Å²) in [4.78, 5) is 40.3. The van der Waals surface area contributed by atoms with Crippen LogP contribution in [0.4, 0.5) is 4.39 Å². The van der Waals surface area contributed by atoms with Gasteiger partial charge in [-0.1, -0.05) is 29.8 Å². The molecule has 1 N–H and O–H groups in total. The number of carbonyl (C=O) groups is 3. The largest absolute Gasteiger partial charge is 0.352 e. The molecule has 6 nitrogen and oxygen atoms in total. The molecule has 0 radical (unpaired) electrons. The van der Waals surface area contributed by atoms with E-state index in [1.54, 1.807) is 34.1 Å². The number of benzene rings is 2. The molecule has 3 rings (SSSR count). The molecule has 30 heavy (non-hydrogen) atoms. The van der Waals surface area contributed by atoms with E-state index in [-0.39, 0.29) is 28.3 Å². The quantitative estimate of drug-likeness (QED) is 0.715. The van der Waals surface area contributed by atoms with E-state index in [2.05, 4.69) is 5.32 Å². The van der Waals surface area contributed by atoms with Gasteiger partial charge in [-0.3, -0.25) is 14.4 Å². The fourth-order valence-electron chi connectivity index (χ4n) is 3.28. The van der Waals surface area contributed by atoms with Gasteiger partial charge in [0.1, 0.15) is 5.82 Å². The van der Waals surface area contributed by atoms with Crippen LogP contribution in [-0.2, 0) is 4.79 Å². The lowest BCUT2D eigenvalue weighted by atomic mass is 10.1. The smallest absolute Gasteiger partial charge is 0.255 e. The second-order valence-corrected chi connectivity index (χ2v) is 7.43. The number of rotatable bonds is 6. The van der Waals surface area contributed by atoms with Crippen molar-refractivity contribution in [2.24, 2.45) is 0 Å². The van der Waals surface area contributed by atoms with E-state index in [1.807, 2.05) is 6.07 Å². The summed E-state index contributed by atoms with van der Waals surface area (Å²) in [5.74, 6) is -0.923. The maximum absolute atomic E-state index is 13.2. The third-order valence-electron chi connectivity index (χ3n) is 4.97. The number of hydrogen-bond donors (Lipinski definition) is 1. The Labute approximate surface area is 179 Å². The van der Waals surface area contributed by atoms with Crippen LogP contribution in [-0.4, -0.2) is 60.2 Å². The fourth-order valence-corrected chi connectivity index (χ4v) is 3.53. The highest BCUT2D eigenvalue weighted by molar-refractivity contribution is 6.33. The zero-order valence-corrected chi connectivity index (χ0v) is 17.2. The molecule has 1 fully saturated rings. The van der Waals surface area contributed by atoms with Crippen LogP contribution in [0.3, 0.4) is 0 Å². The number of piperazine rings is 1. The van der Waals surface area contributed by atoms with Gasteiger partial charge < -0.3 is 15.1 Å². The van der Waals surface area contributed by atoms with Crippen molar-refractivity contribution in [3.63, 3.8) is 0 Å². The first kappa shape index (κ1) is 21.8. The summed E-state index contributed by atoms with van der Waals surface area (Å²) in [7, 11) is 0. The molecule has 3 amide bonds. The van der Waals surface area contributed by atoms with Crippen LogP contribution in [0.25, 0.3) is 0 Å². The first-order valence-electron chi connectivity index (χ1n) is 9.81. The Morgan fingerprint density at radius 2 is 1.63 bits per heavy atom. The Morgan fingerprint density at radius 1 is 0.967 bits per heavy atom. The van der Waals surface area contributed by atoms with E-state index < -0.39 is 5.82 Å². The summed E-state index contributed by atoms with van der Waals surface area (Å²) >= 11 is 5.97. The predicted octanol–water partition coefficient (Wildman–Crippen LogP) is 2.97. The van der Waals surface area contributed by atoms with E-state index >= 15 is 0 Å². The third-order valence-corrected chi connectivity index (χ3v) is 5.28. The highest BCUT2D eigenvalue weighted by Gasteiger charge is 2.25. The molecule has 1 saturated heterocycles. The zero-order chi connectivity index (χ0) is 21.5. The number of amides is 3. The lowest BCUT2D eigenvalue weighted by molar-refractivity contribution is -0.132. The van der Waals surface area contributed by atoms with E-state index in [4.69, 9.17) is 11.6 Å². The molecule has 0 aliphatic carbocycles. The Morgan fingerprint density at radius 3 is 2.30 bits per heavy atom. The van der Waals surface area contributed by atoms with Gasteiger partial charge in [-0.15, -0.1) is 0 Å². The molecule has 1 aliphatic rings. The molecule has 0 bridgehead atoms. The molecule has 158 valence electrons. The van der Waals surface area contributed by atoms with Gasteiger partial charge in [0.2, 0.25) is 5.91 Å². The van der Waals surface area contributed by atoms with Crippen molar-refractivity contribution in [2.45, 2.75) is 12.8 Å². The van der Waals surface area contributed by atoms with Crippen molar-refractivity contribution in [1.82, 2.24) is 15.1 Å². The summed E-state index contributed by atoms with van der Waals surface area (Å²) < 4.78 is 13.2. The van der Waals surface area contributed by atoms with Gasteiger partial charge in [-0.2, -0.15) is 0 Å². The van der Waals surface area contributed by atoms with Gasteiger partial charge >= 0.3 is 0 Å². The maximum atomic E-state index is 13.2. The van der Waals surface area contributed by atoms with Gasteiger partial charge in [0, 0.05) is 44.7 Å². The second kappa shape index (κ2) is 10.2. The highest BCUT2D eigenvalue weighted by atomic mass is 35.5. The average molecular weight is 432 g/mol. The van der Waals surface area contributed by atoms with Crippen LogP contribution in [0.5, 0.6) is 0 Å². The van der Waals surface area contributed by atoms with Gasteiger partial charge in [0.25, 0.3) is 11.8 Å². The van der Waals surface area contributed by atoms with Gasteiger partial charge in [0.15, 0.2) is 0 Å². The van der Waals surface area contributed by atoms with Crippen molar-refractivity contribution >= 4 is 29.3 Å². The summed E-state index contributed by atoms with van der Waals surface area (Å²) in [6.45, 7) is 2.06. The fraction of sp³-hybridized carbons (Fsp3) is 0.318. The SMILES string of the molecule is O=C(NCCCC(=O)N1CCN(C(=O)c2ccc(F)cc2Cl)CC1)c1ccccc1. The predicted molar refractivity (Wildman–Crippen MR) is 112 cm³/mol. The van der Waals surface area contributed by atoms with Crippen molar-refractivity contribution < 1.29 is 18.8 Å². The lowest BCUT2D eigenvalue weighted by Crippen LogP contribution is -2.50. The Bertz CT molecular complexity index is 915. The van der Waals surface area contributed by atoms with Crippen LogP contribution in [0, 0.1) is 5.82 Å². The molecule has 8 heteroatoms. The van der Waals surface area contributed by atoms with Crippen LogP contribution in [0.2, 0.25) is 5.02 Å². The van der Waals surface area contributed by atoms with Crippen LogP contribution in [0.1, 0.15) is 33.6 Å². The second-order valence-electron chi connectivity index (χ2n) is 7.02. The van der Waals surface area contributed by atoms with Crippen molar-refractivity contribution in [3.05, 3.63) is 70.5 Å². The van der Waals surface area contributed by atoms with Gasteiger partial charge in [0.05, 0.1) is 10.6 Å². The van der Waals surface area contributed by atoms with E-state index in [9.17, 15) is 18.8 Å². The lowest BCUT2D eigenvalue weighted by Gasteiger charge is -2.35. The summed E-state index contributed by atoms with van der Waals surface area (Å²) in [6.07, 6.45) is 0.870. The molecule has 0 atom stereocenters. The molecular weight excluding hydrogens is 409 g/mol. The van der Waals surface area contributed by atoms with Crippen molar-refractivity contribution in [1.29, 1.82) is 0 Å². The molecule has 0 unspecified atom stereocenters. The molecule has 2 aromatic carbocycles. The zero-order valence-electron chi connectivity index (χ0n) is 16.4. The maximum Gasteiger partial charge on any atom is 0.255 e. The van der Waals surface area contributed by atoms with Gasteiger partial charge in [-0.05, 0) is 36.8 Å². The number of carbonyl (C=O) groups excluding carboxylic acids is 3. The molecule has 0 aromatic heterocycles. The minimum absolute atomic E-state index is 0.00382. The third kappa shape index (κ3) is 5.57. The standard InChI is InChI=1S/C22H23ClFN3O3/c23-19-15-17(24)8-9-18(19)22(30)27-13-11-26(12-14-27)20(28)7-4-10-25-21(29)16-5-2-1-3-6-16/h1-3,5-6,8-9,15H,4,7,10-14H2,(H,25,29). The Balaban J connectivity index is 1.39. The Kier molecular flexibility index (Phi) is 7.41. The van der Waals surface area contributed by atoms with Gasteiger partial charge in [-0.25, -0.2) is 4.39 Å². The van der Waals surface area contributed by atoms with Crippen LogP contribution >= 0.6 is 11.6 Å². The number of halogens is 2. The first-order valence-corrected chi connectivity index (χ1v) is 10.2. The normalized spacial score (nSPS) is 13.8. The minimum atomic E-state index is -0.494. The molecule has 1 aliphatic heterocycles. The van der Waals surface area contributed by atoms with E-state index in [0.29, 0.717) is 51.1 Å². The highest BCUT2D eigenvalue weighted by Crippen LogP contribution is 2.20. The van der Waals surface area contributed by atoms with E-state index in [0.717, 1.165) is 6.07 Å². The number of hydrogen-bond acceptors (Lipinski definition) is 3. The molecule has 0 spiro atoms. The van der Waals surface area contributed by atoms with E-state index in [1.165, 1.54) is 12.1 Å². The van der Waals surface area contributed by atoms with Crippen molar-refractivity contribution in [3.8, 4) is 0 Å². The molecule has 0 saturated carbocycles. The molecule has 2 aromatic rings. The number of nitrogens with one attached hydrogen (secondary N) is 1. The van der Waals surface area contributed by atoms with Crippen LogP contribution < -0.4 is 5.32 Å². The summed E-state index contributed by atoms with van der Waals surface area (Å²) in [5, 5.41) is 2.88.